The lowest BCUT2D eigenvalue weighted by Crippen LogP contribution is -2.15. The number of nitrogens with zero attached hydrogens (tertiary/aromatic N) is 2. The number of nitrogens with one attached hydrogen (secondary N) is 2. The molecule has 138 valence electrons. The number of sulfonamides is 1. The lowest BCUT2D eigenvalue weighted by atomic mass is 9.99. The second-order valence-corrected chi connectivity index (χ2v) is 8.87. The van der Waals surface area contributed by atoms with Crippen LogP contribution in [-0.4, -0.2) is 30.5 Å². The van der Waals surface area contributed by atoms with Crippen molar-refractivity contribution in [3.05, 3.63) is 41.5 Å². The molecule has 0 unspecified atom stereocenters. The van der Waals surface area contributed by atoms with Gasteiger partial charge in [0.1, 0.15) is 5.82 Å². The molecule has 2 heterocycles. The molecule has 7 nitrogen and oxygen atoms in total. The van der Waals surface area contributed by atoms with E-state index in [9.17, 15) is 13.2 Å². The number of carbonyl (C=O) groups excluding carboxylic acids is 1. The Labute approximate surface area is 156 Å². The molecule has 0 aromatic carbocycles. The largest absolute Gasteiger partial charge is 0.298 e. The van der Waals surface area contributed by atoms with Crippen LogP contribution in [0.5, 0.6) is 0 Å². The monoisotopic (exact) mass is 392 g/mol. The summed E-state index contributed by atoms with van der Waals surface area (Å²) >= 11 is 1.35. The Morgan fingerprint density at radius 1 is 1.27 bits per heavy atom. The van der Waals surface area contributed by atoms with Crippen LogP contribution in [0.3, 0.4) is 0 Å². The highest BCUT2D eigenvalue weighted by Gasteiger charge is 2.19. The highest BCUT2D eigenvalue weighted by molar-refractivity contribution is 7.92. The van der Waals surface area contributed by atoms with Gasteiger partial charge in [-0.25, -0.2) is 18.4 Å². The van der Waals surface area contributed by atoms with Crippen LogP contribution in [0.1, 0.15) is 31.2 Å². The van der Waals surface area contributed by atoms with E-state index in [2.05, 4.69) is 20.0 Å². The lowest BCUT2D eigenvalue weighted by molar-refractivity contribution is -0.111. The van der Waals surface area contributed by atoms with Crippen LogP contribution in [-0.2, 0) is 14.8 Å². The van der Waals surface area contributed by atoms with Crippen molar-refractivity contribution in [2.75, 3.05) is 16.3 Å². The second kappa shape index (κ2) is 7.96. The molecule has 0 radical (unpaired) electrons. The maximum Gasteiger partial charge on any atom is 0.257 e. The first-order valence-electron chi connectivity index (χ1n) is 8.27. The highest BCUT2D eigenvalue weighted by Crippen LogP contribution is 2.30. The van der Waals surface area contributed by atoms with Gasteiger partial charge in [-0.3, -0.25) is 14.8 Å². The third-order valence-corrected chi connectivity index (χ3v) is 5.33. The highest BCUT2D eigenvalue weighted by atomic mass is 32.2. The average Bonchev–Trinajstić information content (AvgIpc) is 3.25. The topological polar surface area (TPSA) is 101 Å². The normalized spacial score (nSPS) is 15.8. The van der Waals surface area contributed by atoms with Gasteiger partial charge in [-0.15, -0.1) is 11.3 Å². The Kier molecular flexibility index (Phi) is 5.67. The summed E-state index contributed by atoms with van der Waals surface area (Å²) in [4.78, 5) is 21.0. The summed E-state index contributed by atoms with van der Waals surface area (Å²) in [5.74, 6) is 0.343. The molecule has 0 bridgehead atoms. The predicted molar refractivity (Wildman–Crippen MR) is 103 cm³/mol. The van der Waals surface area contributed by atoms with Crippen molar-refractivity contribution in [1.82, 2.24) is 9.97 Å². The minimum Gasteiger partial charge on any atom is -0.298 e. The molecule has 3 rings (SSSR count). The molecule has 1 amide bonds. The number of anilines is 2. The van der Waals surface area contributed by atoms with E-state index >= 15 is 0 Å². The van der Waals surface area contributed by atoms with Crippen LogP contribution in [0.4, 0.5) is 10.9 Å². The molecule has 2 aromatic heterocycles. The standard InChI is InChI=1S/C17H20N4O3S2/c1-26(23,24)21-15-7-6-13(11-19-15)14(10-12-4-2-3-5-12)16(22)20-17-18-8-9-25-17/h6-12H,2-5H2,1H3,(H,19,21)(H,18,20,22). The first-order chi connectivity index (χ1) is 12.4. The summed E-state index contributed by atoms with van der Waals surface area (Å²) in [7, 11) is -3.39. The lowest BCUT2D eigenvalue weighted by Gasteiger charge is -2.11. The maximum absolute atomic E-state index is 12.8. The first-order valence-corrected chi connectivity index (χ1v) is 11.0. The summed E-state index contributed by atoms with van der Waals surface area (Å²) in [6.45, 7) is 0. The van der Waals surface area contributed by atoms with E-state index in [1.807, 2.05) is 6.08 Å². The van der Waals surface area contributed by atoms with E-state index in [0.29, 0.717) is 22.2 Å². The minimum absolute atomic E-state index is 0.219. The van der Waals surface area contributed by atoms with Gasteiger partial charge < -0.3 is 0 Å². The molecule has 1 saturated carbocycles. The molecule has 1 fully saturated rings. The van der Waals surface area contributed by atoms with Gasteiger partial charge >= 0.3 is 0 Å². The fraction of sp³-hybridized carbons (Fsp3) is 0.353. The molecule has 1 aliphatic carbocycles. The van der Waals surface area contributed by atoms with Crippen molar-refractivity contribution in [2.24, 2.45) is 5.92 Å². The van der Waals surface area contributed by atoms with Crippen molar-refractivity contribution in [3.8, 4) is 0 Å². The third kappa shape index (κ3) is 5.12. The summed E-state index contributed by atoms with van der Waals surface area (Å²) in [6.07, 6.45) is 10.7. The zero-order valence-corrected chi connectivity index (χ0v) is 15.9. The number of rotatable bonds is 6. The SMILES string of the molecule is CS(=O)(=O)Nc1ccc(C(=CC2CCCC2)C(=O)Nc2nccs2)cn1. The van der Waals surface area contributed by atoms with Gasteiger partial charge in [0.15, 0.2) is 5.13 Å². The van der Waals surface area contributed by atoms with Crippen LogP contribution in [0.25, 0.3) is 5.57 Å². The number of hydrogen-bond donors (Lipinski definition) is 2. The summed E-state index contributed by atoms with van der Waals surface area (Å²) in [5.41, 5.74) is 1.18. The third-order valence-electron chi connectivity index (χ3n) is 4.06. The number of pyridine rings is 1. The molecular formula is C17H20N4O3S2. The van der Waals surface area contributed by atoms with Gasteiger partial charge in [0.2, 0.25) is 10.0 Å². The van der Waals surface area contributed by atoms with Crippen molar-refractivity contribution < 1.29 is 13.2 Å². The maximum atomic E-state index is 12.8. The quantitative estimate of drug-likeness (QED) is 0.736. The summed E-state index contributed by atoms with van der Waals surface area (Å²) in [6, 6.07) is 3.25. The van der Waals surface area contributed by atoms with Crippen LogP contribution < -0.4 is 10.0 Å². The zero-order chi connectivity index (χ0) is 18.6. The predicted octanol–water partition coefficient (Wildman–Crippen LogP) is 3.12. The second-order valence-electron chi connectivity index (χ2n) is 6.22. The minimum atomic E-state index is -3.39. The van der Waals surface area contributed by atoms with Gasteiger partial charge in [0.05, 0.1) is 6.26 Å². The number of thiazole rings is 1. The Morgan fingerprint density at radius 2 is 2.04 bits per heavy atom. The zero-order valence-electron chi connectivity index (χ0n) is 14.3. The Balaban J connectivity index is 1.86. The van der Waals surface area contributed by atoms with Gasteiger partial charge in [-0.05, 0) is 30.9 Å². The van der Waals surface area contributed by atoms with E-state index in [0.717, 1.165) is 31.9 Å². The van der Waals surface area contributed by atoms with Crippen LogP contribution in [0.15, 0.2) is 36.0 Å². The van der Waals surface area contributed by atoms with Gasteiger partial charge in [-0.1, -0.05) is 18.9 Å². The Morgan fingerprint density at radius 3 is 2.62 bits per heavy atom. The van der Waals surface area contributed by atoms with Crippen LogP contribution in [0, 0.1) is 5.92 Å². The molecule has 2 aromatic rings. The van der Waals surface area contributed by atoms with Crippen molar-refractivity contribution >= 4 is 43.8 Å². The number of amides is 1. The molecule has 1 aliphatic rings. The molecule has 0 saturated heterocycles. The van der Waals surface area contributed by atoms with Gasteiger partial charge in [0.25, 0.3) is 5.91 Å². The number of hydrogen-bond acceptors (Lipinski definition) is 6. The Bertz CT molecular complexity index is 885. The fourth-order valence-corrected chi connectivity index (χ4v) is 3.94. The van der Waals surface area contributed by atoms with Crippen molar-refractivity contribution in [2.45, 2.75) is 25.7 Å². The van der Waals surface area contributed by atoms with Crippen molar-refractivity contribution in [1.29, 1.82) is 0 Å². The van der Waals surface area contributed by atoms with E-state index < -0.39 is 10.0 Å². The fourth-order valence-electron chi connectivity index (χ4n) is 2.92. The van der Waals surface area contributed by atoms with E-state index in [1.165, 1.54) is 17.5 Å². The Hall–Kier alpha value is -2.26. The van der Waals surface area contributed by atoms with Gasteiger partial charge in [0, 0.05) is 28.9 Å². The molecular weight excluding hydrogens is 372 g/mol. The molecule has 9 heteroatoms. The summed E-state index contributed by atoms with van der Waals surface area (Å²) in [5, 5.41) is 5.14. The summed E-state index contributed by atoms with van der Waals surface area (Å²) < 4.78 is 24.9. The van der Waals surface area contributed by atoms with E-state index in [1.54, 1.807) is 23.7 Å². The molecule has 0 atom stereocenters. The number of allylic oxidation sites excluding steroid dienone is 1. The van der Waals surface area contributed by atoms with Gasteiger partial charge in [-0.2, -0.15) is 0 Å². The average molecular weight is 393 g/mol. The first kappa shape index (κ1) is 18.5. The van der Waals surface area contributed by atoms with Crippen LogP contribution >= 0.6 is 11.3 Å². The van der Waals surface area contributed by atoms with E-state index in [4.69, 9.17) is 0 Å². The van der Waals surface area contributed by atoms with Crippen molar-refractivity contribution in [3.63, 3.8) is 0 Å². The molecule has 26 heavy (non-hydrogen) atoms. The van der Waals surface area contributed by atoms with E-state index in [-0.39, 0.29) is 11.7 Å². The smallest absolute Gasteiger partial charge is 0.257 e. The molecule has 0 spiro atoms. The number of carbonyl (C=O) groups is 1. The number of aromatic nitrogens is 2. The van der Waals surface area contributed by atoms with Crippen LogP contribution in [0.2, 0.25) is 0 Å². The molecule has 0 aliphatic heterocycles. The molecule has 2 N–H and O–H groups in total.